The monoisotopic (exact) mass is 290 g/mol. The van der Waals surface area contributed by atoms with Gasteiger partial charge in [0.15, 0.2) is 0 Å². The van der Waals surface area contributed by atoms with E-state index in [-0.39, 0.29) is 22.2 Å². The van der Waals surface area contributed by atoms with Crippen LogP contribution in [-0.4, -0.2) is 26.0 Å². The summed E-state index contributed by atoms with van der Waals surface area (Å²) in [5.74, 6) is 0.913. The van der Waals surface area contributed by atoms with Gasteiger partial charge in [0.25, 0.3) is 0 Å². The molecule has 18 heavy (non-hydrogen) atoms. The molecule has 1 heterocycles. The van der Waals surface area contributed by atoms with Crippen molar-refractivity contribution in [2.24, 2.45) is 0 Å². The van der Waals surface area contributed by atoms with Crippen molar-refractivity contribution >= 4 is 27.5 Å². The highest BCUT2D eigenvalue weighted by molar-refractivity contribution is 7.99. The van der Waals surface area contributed by atoms with Crippen LogP contribution in [0.3, 0.4) is 0 Å². The van der Waals surface area contributed by atoms with Crippen molar-refractivity contribution in [2.45, 2.75) is 24.3 Å². The minimum absolute atomic E-state index is 0.124. The highest BCUT2D eigenvalue weighted by atomic mass is 32.2. The molecule has 1 fully saturated rings. The van der Waals surface area contributed by atoms with E-state index in [0.717, 1.165) is 24.0 Å². The second-order valence-electron chi connectivity index (χ2n) is 4.33. The second-order valence-corrected chi connectivity index (χ2v) is 7.16. The van der Waals surface area contributed by atoms with E-state index in [1.807, 2.05) is 0 Å². The summed E-state index contributed by atoms with van der Waals surface area (Å²) < 4.78 is 40.6. The molecule has 1 unspecified atom stereocenters. The molecule has 4 nitrogen and oxygen atoms in total. The van der Waals surface area contributed by atoms with Crippen LogP contribution >= 0.6 is 11.8 Å². The highest BCUT2D eigenvalue weighted by Crippen LogP contribution is 2.24. The lowest BCUT2D eigenvalue weighted by atomic mass is 10.2. The van der Waals surface area contributed by atoms with Crippen LogP contribution in [0.1, 0.15) is 12.0 Å². The summed E-state index contributed by atoms with van der Waals surface area (Å²) in [6.45, 7) is 1.50. The van der Waals surface area contributed by atoms with Gasteiger partial charge in [-0.3, -0.25) is 0 Å². The maximum absolute atomic E-state index is 13.9. The van der Waals surface area contributed by atoms with Crippen molar-refractivity contribution in [2.75, 3.05) is 17.2 Å². The third-order valence-corrected chi connectivity index (χ3v) is 5.47. The molecule has 0 amide bonds. The fourth-order valence-electron chi connectivity index (χ4n) is 1.87. The van der Waals surface area contributed by atoms with E-state index in [4.69, 9.17) is 5.73 Å². The summed E-state index contributed by atoms with van der Waals surface area (Å²) in [4.78, 5) is -0.364. The molecule has 0 aromatic heterocycles. The number of aryl methyl sites for hydroxylation is 1. The zero-order valence-electron chi connectivity index (χ0n) is 9.94. The van der Waals surface area contributed by atoms with Crippen LogP contribution < -0.4 is 10.5 Å². The van der Waals surface area contributed by atoms with Crippen molar-refractivity contribution in [3.8, 4) is 0 Å². The Morgan fingerprint density at radius 1 is 1.50 bits per heavy atom. The maximum Gasteiger partial charge on any atom is 0.243 e. The second kappa shape index (κ2) is 5.07. The third kappa shape index (κ3) is 2.78. The molecular weight excluding hydrogens is 275 g/mol. The van der Waals surface area contributed by atoms with Gasteiger partial charge in [-0.1, -0.05) is 0 Å². The van der Waals surface area contributed by atoms with Crippen molar-refractivity contribution < 1.29 is 12.8 Å². The summed E-state index contributed by atoms with van der Waals surface area (Å²) in [7, 11) is -3.84. The Hall–Kier alpha value is -0.790. The number of halogens is 1. The topological polar surface area (TPSA) is 72.2 Å². The molecule has 0 saturated carbocycles. The molecule has 7 heteroatoms. The molecule has 1 aromatic carbocycles. The summed E-state index contributed by atoms with van der Waals surface area (Å²) in [6.07, 6.45) is 0.771. The number of thioether (sulfide) groups is 1. The zero-order chi connectivity index (χ0) is 13.3. The Labute approximate surface area is 110 Å². The first kappa shape index (κ1) is 13.6. The van der Waals surface area contributed by atoms with Gasteiger partial charge in [-0.2, -0.15) is 11.8 Å². The van der Waals surface area contributed by atoms with Crippen LogP contribution in [-0.2, 0) is 10.0 Å². The minimum Gasteiger partial charge on any atom is -0.399 e. The fraction of sp³-hybridized carbons (Fsp3) is 0.455. The maximum atomic E-state index is 13.9. The van der Waals surface area contributed by atoms with Crippen LogP contribution in [0.2, 0.25) is 0 Å². The molecule has 0 bridgehead atoms. The number of benzene rings is 1. The molecular formula is C11H15FN2O2S2. The van der Waals surface area contributed by atoms with Gasteiger partial charge in [0.05, 0.1) is 0 Å². The van der Waals surface area contributed by atoms with Crippen LogP contribution in [0.25, 0.3) is 0 Å². The van der Waals surface area contributed by atoms with Gasteiger partial charge >= 0.3 is 0 Å². The Kier molecular flexibility index (Phi) is 3.84. The summed E-state index contributed by atoms with van der Waals surface area (Å²) in [6, 6.07) is 2.45. The molecule has 0 aliphatic carbocycles. The number of anilines is 1. The third-order valence-electron chi connectivity index (χ3n) is 2.78. The van der Waals surface area contributed by atoms with Crippen molar-refractivity contribution in [1.82, 2.24) is 4.72 Å². The van der Waals surface area contributed by atoms with Crippen LogP contribution in [0.15, 0.2) is 17.0 Å². The largest absolute Gasteiger partial charge is 0.399 e. The number of hydrogen-bond donors (Lipinski definition) is 2. The summed E-state index contributed by atoms with van der Waals surface area (Å²) in [5, 5.41) is 0. The Morgan fingerprint density at radius 3 is 2.83 bits per heavy atom. The van der Waals surface area contributed by atoms with Gasteiger partial charge in [0, 0.05) is 17.5 Å². The van der Waals surface area contributed by atoms with Gasteiger partial charge < -0.3 is 5.73 Å². The molecule has 1 aromatic rings. The predicted octanol–water partition coefficient (Wildman–Crippen LogP) is 1.50. The summed E-state index contributed by atoms with van der Waals surface area (Å²) >= 11 is 1.68. The SMILES string of the molecule is Cc1cc(N)cc(S(=O)(=O)NC2CCSC2)c1F. The smallest absolute Gasteiger partial charge is 0.243 e. The van der Waals surface area contributed by atoms with E-state index in [2.05, 4.69) is 4.72 Å². The van der Waals surface area contributed by atoms with Crippen molar-refractivity contribution in [1.29, 1.82) is 0 Å². The molecule has 1 aliphatic rings. The normalized spacial score (nSPS) is 20.2. The zero-order valence-corrected chi connectivity index (χ0v) is 11.6. The first-order chi connectivity index (χ1) is 8.40. The van der Waals surface area contributed by atoms with Gasteiger partial charge in [0.2, 0.25) is 10.0 Å². The number of hydrogen-bond acceptors (Lipinski definition) is 4. The van der Waals surface area contributed by atoms with Crippen LogP contribution in [0.5, 0.6) is 0 Å². The Morgan fingerprint density at radius 2 is 2.22 bits per heavy atom. The van der Waals surface area contributed by atoms with Gasteiger partial charge in [-0.15, -0.1) is 0 Å². The average molecular weight is 290 g/mol. The molecule has 1 atom stereocenters. The first-order valence-electron chi connectivity index (χ1n) is 5.56. The lowest BCUT2D eigenvalue weighted by Crippen LogP contribution is -2.35. The number of nitrogens with two attached hydrogens (primary N) is 1. The van der Waals surface area contributed by atoms with Crippen LogP contribution in [0.4, 0.5) is 10.1 Å². The lowest BCUT2D eigenvalue weighted by molar-refractivity contribution is 0.542. The van der Waals surface area contributed by atoms with Crippen LogP contribution in [0, 0.1) is 12.7 Å². The van der Waals surface area contributed by atoms with E-state index < -0.39 is 15.8 Å². The molecule has 3 N–H and O–H groups in total. The minimum atomic E-state index is -3.84. The quantitative estimate of drug-likeness (QED) is 0.828. The Bertz CT molecular complexity index is 554. The van der Waals surface area contributed by atoms with E-state index >= 15 is 0 Å². The molecule has 100 valence electrons. The van der Waals surface area contributed by atoms with E-state index in [1.165, 1.54) is 13.0 Å². The molecule has 2 rings (SSSR count). The number of rotatable bonds is 3. The molecule has 1 aliphatic heterocycles. The van der Waals surface area contributed by atoms with Crippen molar-refractivity contribution in [3.63, 3.8) is 0 Å². The number of nitrogens with one attached hydrogen (secondary N) is 1. The first-order valence-corrected chi connectivity index (χ1v) is 8.19. The van der Waals surface area contributed by atoms with Gasteiger partial charge in [-0.25, -0.2) is 17.5 Å². The Balaban J connectivity index is 2.34. The van der Waals surface area contributed by atoms with Gasteiger partial charge in [0.1, 0.15) is 10.7 Å². The highest BCUT2D eigenvalue weighted by Gasteiger charge is 2.26. The van der Waals surface area contributed by atoms with E-state index in [1.54, 1.807) is 11.8 Å². The van der Waals surface area contributed by atoms with Crippen molar-refractivity contribution in [3.05, 3.63) is 23.5 Å². The van der Waals surface area contributed by atoms with E-state index in [9.17, 15) is 12.8 Å². The number of nitrogen functional groups attached to an aromatic ring is 1. The molecule has 1 saturated heterocycles. The fourth-order valence-corrected chi connectivity index (χ4v) is 4.58. The predicted molar refractivity (Wildman–Crippen MR) is 71.6 cm³/mol. The summed E-state index contributed by atoms with van der Waals surface area (Å²) in [5.41, 5.74) is 6.05. The van der Waals surface area contributed by atoms with Gasteiger partial charge in [-0.05, 0) is 36.8 Å². The average Bonchev–Trinajstić information content (AvgIpc) is 2.75. The standard InChI is InChI=1S/C11H15FN2O2S2/c1-7-4-8(13)5-10(11(7)12)18(15,16)14-9-2-3-17-6-9/h4-5,9,14H,2-3,6,13H2,1H3. The number of sulfonamides is 1. The molecule has 0 spiro atoms. The van der Waals surface area contributed by atoms with E-state index in [0.29, 0.717) is 0 Å². The lowest BCUT2D eigenvalue weighted by Gasteiger charge is -2.13. The molecule has 0 radical (unpaired) electrons.